The molecule has 0 N–H and O–H groups in total. The summed E-state index contributed by atoms with van der Waals surface area (Å²) in [6, 6.07) is 0. The molecular formula is C8H16O. The number of rotatable bonds is 0. The second kappa shape index (κ2) is 1.98. The van der Waals surface area contributed by atoms with Crippen molar-refractivity contribution in [3.8, 4) is 0 Å². The van der Waals surface area contributed by atoms with Gasteiger partial charge in [-0.25, -0.2) is 0 Å². The van der Waals surface area contributed by atoms with Crippen LogP contribution in [0.15, 0.2) is 0 Å². The van der Waals surface area contributed by atoms with E-state index < -0.39 is 0 Å². The number of hydrogen-bond donors (Lipinski definition) is 0. The van der Waals surface area contributed by atoms with E-state index in [4.69, 9.17) is 4.74 Å². The van der Waals surface area contributed by atoms with Crippen molar-refractivity contribution in [3.05, 3.63) is 0 Å². The van der Waals surface area contributed by atoms with Crippen LogP contribution in [0, 0.1) is 11.3 Å². The molecule has 1 heterocycles. The van der Waals surface area contributed by atoms with E-state index in [1.54, 1.807) is 0 Å². The molecule has 1 nitrogen and oxygen atoms in total. The van der Waals surface area contributed by atoms with Gasteiger partial charge in [0.1, 0.15) is 0 Å². The average Bonchev–Trinajstić information content (AvgIpc) is 1.97. The normalized spacial score (nSPS) is 41.3. The summed E-state index contributed by atoms with van der Waals surface area (Å²) >= 11 is 0. The highest BCUT2D eigenvalue weighted by atomic mass is 16.5. The highest BCUT2D eigenvalue weighted by Crippen LogP contribution is 2.36. The Balaban J connectivity index is 2.62. The van der Waals surface area contributed by atoms with Gasteiger partial charge in [0.15, 0.2) is 0 Å². The van der Waals surface area contributed by atoms with Crippen LogP contribution in [0.1, 0.15) is 27.7 Å². The zero-order chi connectivity index (χ0) is 7.07. The Morgan fingerprint density at radius 3 is 2.00 bits per heavy atom. The molecule has 0 aromatic rings. The van der Waals surface area contributed by atoms with Gasteiger partial charge in [0.2, 0.25) is 0 Å². The van der Waals surface area contributed by atoms with Crippen LogP contribution in [-0.4, -0.2) is 12.7 Å². The lowest BCUT2D eigenvalue weighted by atomic mass is 9.81. The van der Waals surface area contributed by atoms with Gasteiger partial charge in [0.25, 0.3) is 0 Å². The molecule has 0 amide bonds. The van der Waals surface area contributed by atoms with Crippen molar-refractivity contribution in [2.75, 3.05) is 6.61 Å². The monoisotopic (exact) mass is 128 g/mol. The van der Waals surface area contributed by atoms with Crippen molar-refractivity contribution in [1.82, 2.24) is 0 Å². The average molecular weight is 128 g/mol. The summed E-state index contributed by atoms with van der Waals surface area (Å²) < 4.78 is 5.48. The third-order valence-electron chi connectivity index (χ3n) is 2.66. The standard InChI is InChI=1S/C8H16O/c1-6-7(2)9-5-8(6,3)4/h6-7H,5H2,1-4H3/t6-,7+/m1/s1. The largest absolute Gasteiger partial charge is 0.378 e. The summed E-state index contributed by atoms with van der Waals surface area (Å²) in [4.78, 5) is 0. The minimum absolute atomic E-state index is 0.402. The molecular weight excluding hydrogens is 112 g/mol. The quantitative estimate of drug-likeness (QED) is 0.485. The first-order chi connectivity index (χ1) is 4.04. The molecule has 0 aliphatic carbocycles. The molecule has 1 heteroatoms. The van der Waals surface area contributed by atoms with Crippen LogP contribution >= 0.6 is 0 Å². The Bertz CT molecular complexity index is 107. The van der Waals surface area contributed by atoms with Crippen LogP contribution in [0.4, 0.5) is 0 Å². The van der Waals surface area contributed by atoms with Crippen molar-refractivity contribution >= 4 is 0 Å². The van der Waals surface area contributed by atoms with E-state index in [2.05, 4.69) is 27.7 Å². The van der Waals surface area contributed by atoms with Crippen LogP contribution in [-0.2, 0) is 4.74 Å². The molecule has 0 spiro atoms. The van der Waals surface area contributed by atoms with E-state index >= 15 is 0 Å². The van der Waals surface area contributed by atoms with Gasteiger partial charge in [0, 0.05) is 0 Å². The van der Waals surface area contributed by atoms with E-state index in [-0.39, 0.29) is 0 Å². The maximum absolute atomic E-state index is 5.48. The van der Waals surface area contributed by atoms with Gasteiger partial charge in [-0.2, -0.15) is 0 Å². The molecule has 9 heavy (non-hydrogen) atoms. The molecule has 1 rings (SSSR count). The Hall–Kier alpha value is -0.0400. The predicted octanol–water partition coefficient (Wildman–Crippen LogP) is 2.07. The fourth-order valence-electron chi connectivity index (χ4n) is 1.26. The van der Waals surface area contributed by atoms with Gasteiger partial charge in [-0.3, -0.25) is 0 Å². The van der Waals surface area contributed by atoms with Crippen LogP contribution in [0.2, 0.25) is 0 Å². The summed E-state index contributed by atoms with van der Waals surface area (Å²) in [5.74, 6) is 0.706. The lowest BCUT2D eigenvalue weighted by Gasteiger charge is -2.21. The van der Waals surface area contributed by atoms with E-state index in [9.17, 15) is 0 Å². The van der Waals surface area contributed by atoms with Gasteiger partial charge >= 0.3 is 0 Å². The van der Waals surface area contributed by atoms with E-state index in [1.807, 2.05) is 0 Å². The summed E-state index contributed by atoms with van der Waals surface area (Å²) in [7, 11) is 0. The molecule has 1 aliphatic rings. The molecule has 0 aromatic carbocycles. The minimum Gasteiger partial charge on any atom is -0.378 e. The third kappa shape index (κ3) is 1.11. The molecule has 1 saturated heterocycles. The molecule has 54 valence electrons. The second-order valence-electron chi connectivity index (χ2n) is 3.79. The van der Waals surface area contributed by atoms with E-state index in [0.717, 1.165) is 6.61 Å². The fraction of sp³-hybridized carbons (Fsp3) is 1.00. The fourth-order valence-corrected chi connectivity index (χ4v) is 1.26. The molecule has 1 fully saturated rings. The second-order valence-corrected chi connectivity index (χ2v) is 3.79. The lowest BCUT2D eigenvalue weighted by molar-refractivity contribution is 0.105. The molecule has 0 radical (unpaired) electrons. The van der Waals surface area contributed by atoms with Crippen LogP contribution in [0.3, 0.4) is 0 Å². The molecule has 0 aromatic heterocycles. The third-order valence-corrected chi connectivity index (χ3v) is 2.66. The number of ether oxygens (including phenoxy) is 1. The van der Waals surface area contributed by atoms with Gasteiger partial charge in [-0.15, -0.1) is 0 Å². The Morgan fingerprint density at radius 2 is 1.89 bits per heavy atom. The molecule has 1 aliphatic heterocycles. The van der Waals surface area contributed by atoms with E-state index in [0.29, 0.717) is 17.4 Å². The minimum atomic E-state index is 0.402. The summed E-state index contributed by atoms with van der Waals surface area (Å²) in [5.41, 5.74) is 0.402. The maximum atomic E-state index is 5.48. The first kappa shape index (κ1) is 7.07. The van der Waals surface area contributed by atoms with Crippen LogP contribution < -0.4 is 0 Å². The van der Waals surface area contributed by atoms with Gasteiger partial charge in [-0.05, 0) is 18.3 Å². The Morgan fingerprint density at radius 1 is 1.33 bits per heavy atom. The van der Waals surface area contributed by atoms with Crippen molar-refractivity contribution in [3.63, 3.8) is 0 Å². The van der Waals surface area contributed by atoms with Crippen molar-refractivity contribution in [2.24, 2.45) is 11.3 Å². The van der Waals surface area contributed by atoms with Crippen molar-refractivity contribution in [2.45, 2.75) is 33.8 Å². The van der Waals surface area contributed by atoms with Crippen molar-refractivity contribution in [1.29, 1.82) is 0 Å². The van der Waals surface area contributed by atoms with Gasteiger partial charge < -0.3 is 4.74 Å². The molecule has 0 unspecified atom stereocenters. The van der Waals surface area contributed by atoms with E-state index in [1.165, 1.54) is 0 Å². The van der Waals surface area contributed by atoms with Crippen LogP contribution in [0.25, 0.3) is 0 Å². The number of hydrogen-bond acceptors (Lipinski definition) is 1. The first-order valence-corrected chi connectivity index (χ1v) is 3.65. The molecule has 0 saturated carbocycles. The smallest absolute Gasteiger partial charge is 0.0578 e. The predicted molar refractivity (Wildman–Crippen MR) is 38.4 cm³/mol. The SMILES string of the molecule is C[C@@H]1OCC(C)(C)[C@@H]1C. The highest BCUT2D eigenvalue weighted by Gasteiger charge is 2.37. The van der Waals surface area contributed by atoms with Crippen molar-refractivity contribution < 1.29 is 4.74 Å². The van der Waals surface area contributed by atoms with Gasteiger partial charge in [-0.1, -0.05) is 20.8 Å². The summed E-state index contributed by atoms with van der Waals surface area (Å²) in [6.07, 6.45) is 0.458. The maximum Gasteiger partial charge on any atom is 0.0578 e. The van der Waals surface area contributed by atoms with Gasteiger partial charge in [0.05, 0.1) is 12.7 Å². The molecule has 2 atom stereocenters. The van der Waals surface area contributed by atoms with Crippen LogP contribution in [0.5, 0.6) is 0 Å². The first-order valence-electron chi connectivity index (χ1n) is 3.65. The molecule has 0 bridgehead atoms. The Kier molecular flexibility index (Phi) is 1.55. The Labute approximate surface area is 57.4 Å². The topological polar surface area (TPSA) is 9.23 Å². The zero-order valence-electron chi connectivity index (χ0n) is 6.77. The highest BCUT2D eigenvalue weighted by molar-refractivity contribution is 4.84. The summed E-state index contributed by atoms with van der Waals surface area (Å²) in [6.45, 7) is 9.87. The lowest BCUT2D eigenvalue weighted by Crippen LogP contribution is -2.21. The zero-order valence-corrected chi connectivity index (χ0v) is 6.77. The summed E-state index contributed by atoms with van der Waals surface area (Å²) in [5, 5.41) is 0.